The van der Waals surface area contributed by atoms with Gasteiger partial charge in [-0.2, -0.15) is 10.1 Å². The van der Waals surface area contributed by atoms with Gasteiger partial charge >= 0.3 is 0 Å². The maximum Gasteiger partial charge on any atom is 0.300 e. The Labute approximate surface area is 144 Å². The lowest BCUT2D eigenvalue weighted by atomic mass is 10.0. The lowest BCUT2D eigenvalue weighted by molar-refractivity contribution is 0.376. The summed E-state index contributed by atoms with van der Waals surface area (Å²) in [6.45, 7) is 4.15. The van der Waals surface area contributed by atoms with Gasteiger partial charge in [0.15, 0.2) is 11.5 Å². The molecule has 4 rings (SSSR count). The summed E-state index contributed by atoms with van der Waals surface area (Å²) in [5, 5.41) is 8.03. The van der Waals surface area contributed by atoms with Crippen LogP contribution in [-0.4, -0.2) is 14.8 Å². The van der Waals surface area contributed by atoms with Crippen LogP contribution in [0.2, 0.25) is 0 Å². The Morgan fingerprint density at radius 3 is 2.56 bits per heavy atom. The normalized spacial score (nSPS) is 15.4. The van der Waals surface area contributed by atoms with Gasteiger partial charge < -0.3 is 5.32 Å². The number of nitrogens with one attached hydrogen (secondary N) is 1. The Kier molecular flexibility index (Phi) is 3.60. The standard InChI is InChI=1S/C19H17FN4O/c1-11(2)17-21-15-6-4-3-5-14(15)18-22-19(25)16(23-24(17)18)12-7-9-13(20)10-8-12/h3-11,17,21H,1-2H3/t17-/m1/s1. The third kappa shape index (κ3) is 2.59. The second kappa shape index (κ2) is 5.81. The average molecular weight is 336 g/mol. The molecule has 5 nitrogen and oxygen atoms in total. The first-order valence-corrected chi connectivity index (χ1v) is 8.17. The largest absolute Gasteiger partial charge is 0.363 e. The van der Waals surface area contributed by atoms with Crippen molar-refractivity contribution in [2.24, 2.45) is 5.92 Å². The van der Waals surface area contributed by atoms with E-state index >= 15 is 0 Å². The molecule has 2 heterocycles. The van der Waals surface area contributed by atoms with E-state index < -0.39 is 5.56 Å². The summed E-state index contributed by atoms with van der Waals surface area (Å²) < 4.78 is 14.9. The second-order valence-corrected chi connectivity index (χ2v) is 6.42. The topological polar surface area (TPSA) is 59.8 Å². The minimum atomic E-state index is -0.419. The van der Waals surface area contributed by atoms with E-state index in [4.69, 9.17) is 0 Å². The van der Waals surface area contributed by atoms with Crippen LogP contribution in [0.5, 0.6) is 0 Å². The molecular weight excluding hydrogens is 319 g/mol. The van der Waals surface area contributed by atoms with Crippen LogP contribution < -0.4 is 10.9 Å². The Balaban J connectivity index is 1.95. The summed E-state index contributed by atoms with van der Waals surface area (Å²) in [4.78, 5) is 16.9. The van der Waals surface area contributed by atoms with Crippen LogP contribution in [0.15, 0.2) is 53.3 Å². The van der Waals surface area contributed by atoms with Crippen molar-refractivity contribution in [1.82, 2.24) is 14.8 Å². The van der Waals surface area contributed by atoms with Gasteiger partial charge in [-0.05, 0) is 42.3 Å². The van der Waals surface area contributed by atoms with Crippen molar-refractivity contribution in [2.45, 2.75) is 20.0 Å². The number of fused-ring (bicyclic) bond motifs is 3. The van der Waals surface area contributed by atoms with Crippen LogP contribution in [0.25, 0.3) is 22.6 Å². The highest BCUT2D eigenvalue weighted by Gasteiger charge is 2.28. The summed E-state index contributed by atoms with van der Waals surface area (Å²) in [6.07, 6.45) is -0.128. The summed E-state index contributed by atoms with van der Waals surface area (Å²) >= 11 is 0. The molecular formula is C19H17FN4O. The van der Waals surface area contributed by atoms with Crippen molar-refractivity contribution in [3.63, 3.8) is 0 Å². The zero-order valence-electron chi connectivity index (χ0n) is 13.9. The van der Waals surface area contributed by atoms with Gasteiger partial charge in [0, 0.05) is 16.8 Å². The van der Waals surface area contributed by atoms with E-state index in [1.54, 1.807) is 16.8 Å². The number of aromatic nitrogens is 3. The highest BCUT2D eigenvalue weighted by molar-refractivity contribution is 5.76. The Bertz CT molecular complexity index is 995. The minimum absolute atomic E-state index is 0.128. The first-order valence-electron chi connectivity index (χ1n) is 8.17. The first-order chi connectivity index (χ1) is 12.0. The molecule has 1 atom stereocenters. The summed E-state index contributed by atoms with van der Waals surface area (Å²) in [6, 6.07) is 13.4. The molecule has 126 valence electrons. The molecule has 0 radical (unpaired) electrons. The van der Waals surface area contributed by atoms with Crippen LogP contribution in [0.4, 0.5) is 10.1 Å². The van der Waals surface area contributed by atoms with Crippen molar-refractivity contribution in [2.75, 3.05) is 5.32 Å². The Morgan fingerprint density at radius 1 is 1.12 bits per heavy atom. The molecule has 0 spiro atoms. The van der Waals surface area contributed by atoms with E-state index in [-0.39, 0.29) is 23.6 Å². The molecule has 0 saturated heterocycles. The van der Waals surface area contributed by atoms with Crippen LogP contribution in [0.1, 0.15) is 20.0 Å². The number of nitrogens with zero attached hydrogens (tertiary/aromatic N) is 3. The van der Waals surface area contributed by atoms with E-state index in [1.165, 1.54) is 12.1 Å². The molecule has 0 amide bonds. The van der Waals surface area contributed by atoms with Gasteiger partial charge in [-0.3, -0.25) is 4.79 Å². The minimum Gasteiger partial charge on any atom is -0.363 e. The summed E-state index contributed by atoms with van der Waals surface area (Å²) in [5.74, 6) is 0.416. The van der Waals surface area contributed by atoms with Crippen molar-refractivity contribution in [1.29, 1.82) is 0 Å². The molecule has 3 aromatic rings. The molecule has 0 aliphatic carbocycles. The van der Waals surface area contributed by atoms with Crippen LogP contribution in [0, 0.1) is 11.7 Å². The molecule has 25 heavy (non-hydrogen) atoms. The molecule has 1 aliphatic heterocycles. The average Bonchev–Trinajstić information content (AvgIpc) is 2.61. The van der Waals surface area contributed by atoms with Gasteiger partial charge in [-0.25, -0.2) is 9.07 Å². The first kappa shape index (κ1) is 15.5. The lowest BCUT2D eigenvalue weighted by Gasteiger charge is -2.32. The van der Waals surface area contributed by atoms with Crippen molar-refractivity contribution in [3.8, 4) is 22.6 Å². The zero-order chi connectivity index (χ0) is 17.6. The molecule has 1 aliphatic rings. The van der Waals surface area contributed by atoms with Gasteiger partial charge in [-0.1, -0.05) is 26.0 Å². The third-order valence-corrected chi connectivity index (χ3v) is 4.32. The van der Waals surface area contributed by atoms with E-state index in [0.29, 0.717) is 11.4 Å². The molecule has 0 saturated carbocycles. The fourth-order valence-electron chi connectivity index (χ4n) is 3.04. The van der Waals surface area contributed by atoms with E-state index in [2.05, 4.69) is 29.2 Å². The van der Waals surface area contributed by atoms with Gasteiger partial charge in [0.2, 0.25) is 0 Å². The monoisotopic (exact) mass is 336 g/mol. The Hall–Kier alpha value is -3.02. The fraction of sp³-hybridized carbons (Fsp3) is 0.211. The molecule has 0 bridgehead atoms. The molecule has 0 fully saturated rings. The maximum atomic E-state index is 13.2. The zero-order valence-corrected chi connectivity index (χ0v) is 13.9. The predicted molar refractivity (Wildman–Crippen MR) is 94.6 cm³/mol. The molecule has 1 N–H and O–H groups in total. The highest BCUT2D eigenvalue weighted by atomic mass is 19.1. The molecule has 6 heteroatoms. The smallest absolute Gasteiger partial charge is 0.300 e. The number of anilines is 1. The van der Waals surface area contributed by atoms with E-state index in [1.807, 2.05) is 24.3 Å². The quantitative estimate of drug-likeness (QED) is 0.775. The molecule has 2 aromatic carbocycles. The van der Waals surface area contributed by atoms with Gasteiger partial charge in [-0.15, -0.1) is 0 Å². The number of hydrogen-bond acceptors (Lipinski definition) is 4. The second-order valence-electron chi connectivity index (χ2n) is 6.42. The summed E-state index contributed by atoms with van der Waals surface area (Å²) in [7, 11) is 0. The number of halogens is 1. The fourth-order valence-corrected chi connectivity index (χ4v) is 3.04. The number of hydrogen-bond donors (Lipinski definition) is 1. The van der Waals surface area contributed by atoms with Crippen LogP contribution in [-0.2, 0) is 0 Å². The van der Waals surface area contributed by atoms with Gasteiger partial charge in [0.05, 0.1) is 0 Å². The molecule has 1 aromatic heterocycles. The van der Waals surface area contributed by atoms with E-state index in [9.17, 15) is 9.18 Å². The highest BCUT2D eigenvalue weighted by Crippen LogP contribution is 2.36. The maximum absolute atomic E-state index is 13.2. The van der Waals surface area contributed by atoms with Gasteiger partial charge in [0.1, 0.15) is 12.0 Å². The lowest BCUT2D eigenvalue weighted by Crippen LogP contribution is -2.34. The summed E-state index contributed by atoms with van der Waals surface area (Å²) in [5.41, 5.74) is 2.13. The SMILES string of the molecule is CC(C)[C@@H]1Nc2ccccc2-c2nc(=O)c(-c3ccc(F)cc3)nn21. The number of benzene rings is 2. The van der Waals surface area contributed by atoms with Gasteiger partial charge in [0.25, 0.3) is 5.56 Å². The van der Waals surface area contributed by atoms with Crippen molar-refractivity contribution in [3.05, 3.63) is 64.7 Å². The van der Waals surface area contributed by atoms with Crippen molar-refractivity contribution >= 4 is 5.69 Å². The van der Waals surface area contributed by atoms with E-state index in [0.717, 1.165) is 11.3 Å². The predicted octanol–water partition coefficient (Wildman–Crippen LogP) is 3.69. The molecule has 0 unspecified atom stereocenters. The third-order valence-electron chi connectivity index (χ3n) is 4.32. The van der Waals surface area contributed by atoms with Crippen LogP contribution in [0.3, 0.4) is 0 Å². The number of para-hydroxylation sites is 1. The van der Waals surface area contributed by atoms with Crippen molar-refractivity contribution < 1.29 is 4.39 Å². The number of rotatable bonds is 2. The Morgan fingerprint density at radius 2 is 1.84 bits per heavy atom. The van der Waals surface area contributed by atoms with Crippen LogP contribution >= 0.6 is 0 Å².